The van der Waals surface area contributed by atoms with Crippen molar-refractivity contribution in [1.29, 1.82) is 0 Å². The van der Waals surface area contributed by atoms with Crippen molar-refractivity contribution in [2.24, 2.45) is 4.99 Å². The van der Waals surface area contributed by atoms with Crippen LogP contribution in [0.15, 0.2) is 23.2 Å². The molecule has 0 saturated carbocycles. The van der Waals surface area contributed by atoms with Crippen LogP contribution < -0.4 is 5.32 Å². The maximum absolute atomic E-state index is 4.60. The van der Waals surface area contributed by atoms with Crippen molar-refractivity contribution in [2.75, 3.05) is 11.9 Å². The van der Waals surface area contributed by atoms with Crippen LogP contribution in [-0.4, -0.2) is 17.0 Å². The highest BCUT2D eigenvalue weighted by molar-refractivity contribution is 8.15. The Morgan fingerprint density at radius 3 is 3.06 bits per heavy atom. The van der Waals surface area contributed by atoms with Crippen LogP contribution in [0.1, 0.15) is 37.3 Å². The first-order valence-corrected chi connectivity index (χ1v) is 7.83. The predicted molar refractivity (Wildman–Crippen MR) is 80.7 cm³/mol. The lowest BCUT2D eigenvalue weighted by atomic mass is 9.90. The van der Waals surface area contributed by atoms with E-state index in [1.54, 1.807) is 0 Å². The largest absolute Gasteiger partial charge is 0.335 e. The molecule has 3 heteroatoms. The Labute approximate surface area is 113 Å². The number of anilines is 1. The Morgan fingerprint density at radius 1 is 1.33 bits per heavy atom. The van der Waals surface area contributed by atoms with E-state index in [1.807, 2.05) is 11.8 Å². The van der Waals surface area contributed by atoms with Crippen LogP contribution in [0.25, 0.3) is 0 Å². The molecule has 1 N–H and O–H groups in total. The number of aryl methyl sites for hydroxylation is 1. The summed E-state index contributed by atoms with van der Waals surface area (Å²) in [7, 11) is 0. The molecule has 0 bridgehead atoms. The van der Waals surface area contributed by atoms with Gasteiger partial charge in [0, 0.05) is 10.9 Å². The molecule has 1 aromatic rings. The molecule has 2 nitrogen and oxygen atoms in total. The fourth-order valence-electron chi connectivity index (χ4n) is 2.71. The summed E-state index contributed by atoms with van der Waals surface area (Å²) in [5.41, 5.74) is 4.34. The van der Waals surface area contributed by atoms with Crippen LogP contribution in [-0.2, 0) is 12.8 Å². The fraction of sp³-hybridized carbons (Fsp3) is 0.533. The number of fused-ring (bicyclic) bond motifs is 1. The van der Waals surface area contributed by atoms with E-state index < -0.39 is 0 Å². The summed E-state index contributed by atoms with van der Waals surface area (Å²) in [6.45, 7) is 3.21. The molecule has 3 rings (SSSR count). The highest BCUT2D eigenvalue weighted by Crippen LogP contribution is 2.30. The molecule has 0 amide bonds. The van der Waals surface area contributed by atoms with Crippen molar-refractivity contribution in [3.8, 4) is 0 Å². The Balaban J connectivity index is 1.77. The number of nitrogens with zero attached hydrogens (tertiary/aromatic N) is 1. The Kier molecular flexibility index (Phi) is 3.59. The summed E-state index contributed by atoms with van der Waals surface area (Å²) in [4.78, 5) is 4.60. The molecule has 1 aliphatic heterocycles. The van der Waals surface area contributed by atoms with E-state index in [2.05, 4.69) is 35.4 Å². The Morgan fingerprint density at radius 2 is 2.22 bits per heavy atom. The first-order chi connectivity index (χ1) is 8.86. The van der Waals surface area contributed by atoms with Crippen LogP contribution >= 0.6 is 11.8 Å². The number of benzene rings is 1. The number of nitrogens with one attached hydrogen (secondary N) is 1. The minimum atomic E-state index is 0.673. The van der Waals surface area contributed by atoms with E-state index in [0.29, 0.717) is 5.25 Å². The van der Waals surface area contributed by atoms with Crippen molar-refractivity contribution in [1.82, 2.24) is 0 Å². The summed E-state index contributed by atoms with van der Waals surface area (Å²) < 4.78 is 0. The number of amidine groups is 1. The van der Waals surface area contributed by atoms with E-state index in [1.165, 1.54) is 48.9 Å². The number of aliphatic imine (C=N–C) groups is 1. The summed E-state index contributed by atoms with van der Waals surface area (Å²) in [5, 5.41) is 5.33. The molecular weight excluding hydrogens is 240 g/mol. The van der Waals surface area contributed by atoms with Crippen molar-refractivity contribution in [2.45, 2.75) is 44.3 Å². The molecule has 0 saturated heterocycles. The second-order valence-electron chi connectivity index (χ2n) is 5.07. The Hall–Kier alpha value is -0.960. The first-order valence-electron chi connectivity index (χ1n) is 6.95. The molecule has 0 radical (unpaired) electrons. The average Bonchev–Trinajstić information content (AvgIpc) is 2.87. The highest BCUT2D eigenvalue weighted by atomic mass is 32.2. The van der Waals surface area contributed by atoms with Crippen molar-refractivity contribution < 1.29 is 0 Å². The van der Waals surface area contributed by atoms with Gasteiger partial charge in [-0.15, -0.1) is 0 Å². The number of thioether (sulfide) groups is 1. The van der Waals surface area contributed by atoms with Crippen LogP contribution in [0, 0.1) is 0 Å². The number of hydrogen-bond donors (Lipinski definition) is 1. The van der Waals surface area contributed by atoms with Crippen LogP contribution in [0.5, 0.6) is 0 Å². The minimum Gasteiger partial charge on any atom is -0.335 e. The molecule has 18 heavy (non-hydrogen) atoms. The van der Waals surface area contributed by atoms with E-state index in [9.17, 15) is 0 Å². The molecule has 96 valence electrons. The average molecular weight is 260 g/mol. The zero-order valence-electron chi connectivity index (χ0n) is 10.9. The van der Waals surface area contributed by atoms with Gasteiger partial charge in [-0.05, 0) is 49.3 Å². The van der Waals surface area contributed by atoms with Gasteiger partial charge >= 0.3 is 0 Å². The third-order valence-corrected chi connectivity index (χ3v) is 5.08. The molecule has 2 aliphatic rings. The normalized spacial score (nSPS) is 22.5. The maximum atomic E-state index is 4.60. The van der Waals surface area contributed by atoms with Gasteiger partial charge < -0.3 is 5.32 Å². The SMILES string of the molecule is CCC1CN=C(Nc2cccc3c2CCCC3)S1. The van der Waals surface area contributed by atoms with E-state index in [0.717, 1.165) is 11.7 Å². The summed E-state index contributed by atoms with van der Waals surface area (Å²) in [5.74, 6) is 0. The molecule has 1 atom stereocenters. The van der Waals surface area contributed by atoms with Crippen molar-refractivity contribution >= 4 is 22.6 Å². The standard InChI is InChI=1S/C15H20N2S/c1-2-12-10-16-15(18-12)17-14-9-5-7-11-6-3-4-8-13(11)14/h5,7,9,12H,2-4,6,8,10H2,1H3,(H,16,17). The van der Waals surface area contributed by atoms with E-state index in [4.69, 9.17) is 0 Å². The molecular formula is C15H20N2S. The third-order valence-electron chi connectivity index (χ3n) is 3.81. The van der Waals surface area contributed by atoms with Crippen molar-refractivity contribution in [3.63, 3.8) is 0 Å². The topological polar surface area (TPSA) is 24.4 Å². The van der Waals surface area contributed by atoms with E-state index >= 15 is 0 Å². The molecule has 1 aromatic carbocycles. The lowest BCUT2D eigenvalue weighted by Crippen LogP contribution is -2.12. The lowest BCUT2D eigenvalue weighted by Gasteiger charge is -2.20. The smallest absolute Gasteiger partial charge is 0.161 e. The van der Waals surface area contributed by atoms with Gasteiger partial charge in [0.25, 0.3) is 0 Å². The van der Waals surface area contributed by atoms with Gasteiger partial charge in [-0.2, -0.15) is 0 Å². The summed E-state index contributed by atoms with van der Waals surface area (Å²) in [6, 6.07) is 6.65. The maximum Gasteiger partial charge on any atom is 0.161 e. The second-order valence-corrected chi connectivity index (χ2v) is 6.36. The zero-order valence-corrected chi connectivity index (χ0v) is 11.7. The minimum absolute atomic E-state index is 0.673. The fourth-order valence-corrected chi connectivity index (χ4v) is 3.66. The van der Waals surface area contributed by atoms with Crippen LogP contribution in [0.2, 0.25) is 0 Å². The zero-order chi connectivity index (χ0) is 12.4. The van der Waals surface area contributed by atoms with Gasteiger partial charge in [0.05, 0.1) is 6.54 Å². The molecule has 0 fully saturated rings. The van der Waals surface area contributed by atoms with Gasteiger partial charge in [-0.1, -0.05) is 30.8 Å². The third kappa shape index (κ3) is 2.41. The molecule has 1 unspecified atom stereocenters. The van der Waals surface area contributed by atoms with Gasteiger partial charge in [0.1, 0.15) is 0 Å². The molecule has 1 heterocycles. The summed E-state index contributed by atoms with van der Waals surface area (Å²) in [6.07, 6.45) is 6.31. The Bertz CT molecular complexity index is 468. The van der Waals surface area contributed by atoms with Gasteiger partial charge in [0.2, 0.25) is 0 Å². The number of rotatable bonds is 2. The molecule has 1 aliphatic carbocycles. The van der Waals surface area contributed by atoms with Gasteiger partial charge in [-0.25, -0.2) is 0 Å². The quantitative estimate of drug-likeness (QED) is 0.873. The summed E-state index contributed by atoms with van der Waals surface area (Å²) >= 11 is 1.90. The van der Waals surface area contributed by atoms with Gasteiger partial charge in [0.15, 0.2) is 5.17 Å². The monoisotopic (exact) mass is 260 g/mol. The number of hydrogen-bond acceptors (Lipinski definition) is 3. The first kappa shape index (κ1) is 12.1. The van der Waals surface area contributed by atoms with Crippen molar-refractivity contribution in [3.05, 3.63) is 29.3 Å². The lowest BCUT2D eigenvalue weighted by molar-refractivity contribution is 0.687. The predicted octanol–water partition coefficient (Wildman–Crippen LogP) is 3.86. The van der Waals surface area contributed by atoms with Gasteiger partial charge in [-0.3, -0.25) is 4.99 Å². The highest BCUT2D eigenvalue weighted by Gasteiger charge is 2.19. The van der Waals surface area contributed by atoms with Crippen LogP contribution in [0.4, 0.5) is 5.69 Å². The molecule has 0 aromatic heterocycles. The molecule has 0 spiro atoms. The van der Waals surface area contributed by atoms with E-state index in [-0.39, 0.29) is 0 Å². The second kappa shape index (κ2) is 5.35. The van der Waals surface area contributed by atoms with Crippen LogP contribution in [0.3, 0.4) is 0 Å².